The second-order valence-electron chi connectivity index (χ2n) is 3.37. The topological polar surface area (TPSA) is 54.3 Å². The fourth-order valence-corrected chi connectivity index (χ4v) is 1.48. The minimum atomic E-state index is -0.422. The zero-order valence-electron chi connectivity index (χ0n) is 10.1. The van der Waals surface area contributed by atoms with E-state index in [-0.39, 0.29) is 0 Å². The summed E-state index contributed by atoms with van der Waals surface area (Å²) in [7, 11) is 3.16. The molecule has 0 fully saturated rings. The van der Waals surface area contributed by atoms with Crippen molar-refractivity contribution in [3.63, 3.8) is 0 Å². The number of nitrogens with one attached hydrogen (secondary N) is 1. The second kappa shape index (κ2) is 6.56. The third-order valence-electron chi connectivity index (χ3n) is 2.35. The van der Waals surface area contributed by atoms with Gasteiger partial charge in [-0.05, 0) is 12.1 Å². The van der Waals surface area contributed by atoms with E-state index in [0.29, 0.717) is 18.0 Å². The molecule has 1 unspecified atom stereocenters. The SMILES string of the molecule is C=CCNC(C#N)c1ccc(OC)cc1OC. The second-order valence-corrected chi connectivity index (χ2v) is 3.37. The van der Waals surface area contributed by atoms with Gasteiger partial charge in [-0.3, -0.25) is 5.32 Å². The molecule has 1 rings (SSSR count). The average Bonchev–Trinajstić information content (AvgIpc) is 2.39. The van der Waals surface area contributed by atoms with Crippen LogP contribution in [0.2, 0.25) is 0 Å². The van der Waals surface area contributed by atoms with E-state index in [0.717, 1.165) is 5.56 Å². The number of benzene rings is 1. The predicted molar refractivity (Wildman–Crippen MR) is 66.1 cm³/mol. The normalized spacial score (nSPS) is 11.4. The summed E-state index contributed by atoms with van der Waals surface area (Å²) >= 11 is 0. The van der Waals surface area contributed by atoms with Crippen LogP contribution in [0.15, 0.2) is 30.9 Å². The van der Waals surface area contributed by atoms with Gasteiger partial charge in [0.1, 0.15) is 17.5 Å². The first-order valence-electron chi connectivity index (χ1n) is 5.22. The minimum Gasteiger partial charge on any atom is -0.497 e. The molecule has 0 bridgehead atoms. The van der Waals surface area contributed by atoms with Crippen molar-refractivity contribution in [1.29, 1.82) is 5.26 Å². The molecule has 1 N–H and O–H groups in total. The predicted octanol–water partition coefficient (Wildman–Crippen LogP) is 2.04. The van der Waals surface area contributed by atoms with Crippen LogP contribution in [0, 0.1) is 11.3 Å². The first kappa shape index (κ1) is 13.1. The molecule has 1 aromatic rings. The minimum absolute atomic E-state index is 0.422. The van der Waals surface area contributed by atoms with E-state index in [2.05, 4.69) is 18.0 Å². The highest BCUT2D eigenvalue weighted by atomic mass is 16.5. The molecule has 0 radical (unpaired) electrons. The molecule has 4 heteroatoms. The van der Waals surface area contributed by atoms with Crippen molar-refractivity contribution in [2.75, 3.05) is 20.8 Å². The van der Waals surface area contributed by atoms with Crippen molar-refractivity contribution in [3.8, 4) is 17.6 Å². The molecule has 0 heterocycles. The van der Waals surface area contributed by atoms with Gasteiger partial charge in [0.05, 0.1) is 20.3 Å². The molecular formula is C13H16N2O2. The molecule has 0 amide bonds. The van der Waals surface area contributed by atoms with E-state index < -0.39 is 6.04 Å². The van der Waals surface area contributed by atoms with E-state index in [1.54, 1.807) is 32.4 Å². The lowest BCUT2D eigenvalue weighted by Crippen LogP contribution is -2.20. The number of rotatable bonds is 6. The monoisotopic (exact) mass is 232 g/mol. The highest BCUT2D eigenvalue weighted by Crippen LogP contribution is 2.29. The summed E-state index contributed by atoms with van der Waals surface area (Å²) in [5.74, 6) is 1.33. The Morgan fingerprint density at radius 1 is 1.47 bits per heavy atom. The van der Waals surface area contributed by atoms with E-state index in [9.17, 15) is 0 Å². The van der Waals surface area contributed by atoms with Gasteiger partial charge >= 0.3 is 0 Å². The summed E-state index contributed by atoms with van der Waals surface area (Å²) in [5, 5.41) is 12.2. The van der Waals surface area contributed by atoms with Crippen molar-refractivity contribution in [2.45, 2.75) is 6.04 Å². The van der Waals surface area contributed by atoms with Gasteiger partial charge in [0.2, 0.25) is 0 Å². The molecule has 0 aliphatic rings. The van der Waals surface area contributed by atoms with E-state index in [1.165, 1.54) is 0 Å². The Morgan fingerprint density at radius 2 is 2.24 bits per heavy atom. The van der Waals surface area contributed by atoms with Gasteiger partial charge < -0.3 is 9.47 Å². The molecule has 0 spiro atoms. The van der Waals surface area contributed by atoms with Crippen LogP contribution in [0.4, 0.5) is 0 Å². The van der Waals surface area contributed by atoms with Gasteiger partial charge in [-0.2, -0.15) is 5.26 Å². The number of methoxy groups -OCH3 is 2. The molecule has 17 heavy (non-hydrogen) atoms. The van der Waals surface area contributed by atoms with Gasteiger partial charge in [0, 0.05) is 18.2 Å². The van der Waals surface area contributed by atoms with Gasteiger partial charge in [0.15, 0.2) is 0 Å². The fraction of sp³-hybridized carbons (Fsp3) is 0.308. The van der Waals surface area contributed by atoms with Crippen LogP contribution in [0.5, 0.6) is 11.5 Å². The molecule has 0 saturated heterocycles. The molecule has 1 atom stereocenters. The van der Waals surface area contributed by atoms with Crippen molar-refractivity contribution in [3.05, 3.63) is 36.4 Å². The molecule has 90 valence electrons. The Kier molecular flexibility index (Phi) is 5.05. The molecular weight excluding hydrogens is 216 g/mol. The molecule has 0 aliphatic heterocycles. The number of nitriles is 1. The lowest BCUT2D eigenvalue weighted by atomic mass is 10.1. The molecule has 1 aromatic carbocycles. The Hall–Kier alpha value is -1.99. The summed E-state index contributed by atoms with van der Waals surface area (Å²) in [4.78, 5) is 0. The molecule has 0 saturated carbocycles. The zero-order valence-corrected chi connectivity index (χ0v) is 10.1. The number of ether oxygens (including phenoxy) is 2. The van der Waals surface area contributed by atoms with Gasteiger partial charge in [-0.25, -0.2) is 0 Å². The van der Waals surface area contributed by atoms with Crippen LogP contribution in [0.25, 0.3) is 0 Å². The van der Waals surface area contributed by atoms with Crippen molar-refractivity contribution in [2.24, 2.45) is 0 Å². The van der Waals surface area contributed by atoms with Crippen molar-refractivity contribution in [1.82, 2.24) is 5.32 Å². The molecule has 4 nitrogen and oxygen atoms in total. The zero-order chi connectivity index (χ0) is 12.7. The molecule has 0 aliphatic carbocycles. The third-order valence-corrected chi connectivity index (χ3v) is 2.35. The van der Waals surface area contributed by atoms with Gasteiger partial charge in [0.25, 0.3) is 0 Å². The maximum atomic E-state index is 9.12. The van der Waals surface area contributed by atoms with Crippen LogP contribution < -0.4 is 14.8 Å². The third kappa shape index (κ3) is 3.23. The summed E-state index contributed by atoms with van der Waals surface area (Å²) in [6.07, 6.45) is 1.71. The van der Waals surface area contributed by atoms with E-state index in [1.807, 2.05) is 6.07 Å². The van der Waals surface area contributed by atoms with Gasteiger partial charge in [-0.15, -0.1) is 6.58 Å². The maximum absolute atomic E-state index is 9.12. The first-order chi connectivity index (χ1) is 8.26. The van der Waals surface area contributed by atoms with Crippen molar-refractivity contribution < 1.29 is 9.47 Å². The fourth-order valence-electron chi connectivity index (χ4n) is 1.48. The summed E-state index contributed by atoms with van der Waals surface area (Å²) in [5.41, 5.74) is 0.789. The Labute approximate surface area is 101 Å². The highest BCUT2D eigenvalue weighted by Gasteiger charge is 2.15. The van der Waals surface area contributed by atoms with E-state index >= 15 is 0 Å². The van der Waals surface area contributed by atoms with Crippen LogP contribution in [-0.2, 0) is 0 Å². The summed E-state index contributed by atoms with van der Waals surface area (Å²) in [6, 6.07) is 7.15. The number of hydrogen-bond acceptors (Lipinski definition) is 4. The average molecular weight is 232 g/mol. The van der Waals surface area contributed by atoms with Crippen LogP contribution in [0.3, 0.4) is 0 Å². The lowest BCUT2D eigenvalue weighted by Gasteiger charge is -2.15. The quantitative estimate of drug-likeness (QED) is 0.763. The standard InChI is InChI=1S/C13H16N2O2/c1-4-7-15-12(9-14)11-6-5-10(16-2)8-13(11)17-3/h4-6,8,12,15H,1,7H2,2-3H3. The lowest BCUT2D eigenvalue weighted by molar-refractivity contribution is 0.388. The van der Waals surface area contributed by atoms with Crippen LogP contribution >= 0.6 is 0 Å². The first-order valence-corrected chi connectivity index (χ1v) is 5.22. The maximum Gasteiger partial charge on any atom is 0.128 e. The number of nitrogens with zero attached hydrogens (tertiary/aromatic N) is 1. The largest absolute Gasteiger partial charge is 0.497 e. The Bertz CT molecular complexity index is 424. The smallest absolute Gasteiger partial charge is 0.128 e. The Balaban J connectivity index is 3.02. The number of hydrogen-bond donors (Lipinski definition) is 1. The molecule has 0 aromatic heterocycles. The summed E-state index contributed by atoms with van der Waals surface area (Å²) < 4.78 is 10.4. The van der Waals surface area contributed by atoms with Gasteiger partial charge in [-0.1, -0.05) is 6.08 Å². The summed E-state index contributed by atoms with van der Waals surface area (Å²) in [6.45, 7) is 4.17. The highest BCUT2D eigenvalue weighted by molar-refractivity contribution is 5.44. The van der Waals surface area contributed by atoms with Crippen molar-refractivity contribution >= 4 is 0 Å². The van der Waals surface area contributed by atoms with E-state index in [4.69, 9.17) is 14.7 Å². The van der Waals surface area contributed by atoms with Crippen LogP contribution in [0.1, 0.15) is 11.6 Å². The Morgan fingerprint density at radius 3 is 2.76 bits per heavy atom. The van der Waals surface area contributed by atoms with Crippen LogP contribution in [-0.4, -0.2) is 20.8 Å².